The van der Waals surface area contributed by atoms with Crippen LogP contribution in [0.4, 0.5) is 8.78 Å². The lowest BCUT2D eigenvalue weighted by atomic mass is 10.1. The average molecular weight is 421 g/mol. The molecule has 30 heavy (non-hydrogen) atoms. The van der Waals surface area contributed by atoms with Gasteiger partial charge in [-0.2, -0.15) is 0 Å². The Morgan fingerprint density at radius 1 is 1.30 bits per heavy atom. The molecule has 0 saturated carbocycles. The first-order valence-corrected chi connectivity index (χ1v) is 9.76. The number of carbonyl (C=O) groups excluding carboxylic acids is 2. The maximum Gasteiger partial charge on any atom is 0.273 e. The largest absolute Gasteiger partial charge is 0.383 e. The third kappa shape index (κ3) is 5.82. The van der Waals surface area contributed by atoms with Crippen molar-refractivity contribution in [3.63, 3.8) is 0 Å². The number of nitrogens with one attached hydrogen (secondary N) is 1. The van der Waals surface area contributed by atoms with Crippen LogP contribution in [0.25, 0.3) is 0 Å². The summed E-state index contributed by atoms with van der Waals surface area (Å²) in [6, 6.07) is 8.72. The zero-order valence-electron chi connectivity index (χ0n) is 16.8. The van der Waals surface area contributed by atoms with Crippen LogP contribution in [0.15, 0.2) is 36.5 Å². The Balaban J connectivity index is 1.60. The molecule has 1 aliphatic rings. The fourth-order valence-corrected chi connectivity index (χ4v) is 3.46. The molecule has 0 bridgehead atoms. The first kappa shape index (κ1) is 21.8. The van der Waals surface area contributed by atoms with E-state index in [-0.39, 0.29) is 24.6 Å². The average Bonchev–Trinajstić information content (AvgIpc) is 3.31. The van der Waals surface area contributed by atoms with E-state index in [0.29, 0.717) is 19.6 Å². The lowest BCUT2D eigenvalue weighted by Gasteiger charge is -2.23. The Hall–Kier alpha value is -2.88. The van der Waals surface area contributed by atoms with E-state index in [1.165, 1.54) is 22.9 Å². The molecule has 8 nitrogen and oxygen atoms in total. The SMILES string of the molecule is COCCNC(=O)c1cn(CC2CC(F)(F)CN2C(=O)CCc2ccccc2)nn1. The molecule has 3 rings (SSSR count). The van der Waals surface area contributed by atoms with Crippen molar-refractivity contribution >= 4 is 11.8 Å². The zero-order chi connectivity index (χ0) is 21.6. The Labute approximate surface area is 173 Å². The van der Waals surface area contributed by atoms with Crippen molar-refractivity contribution in [3.05, 3.63) is 47.8 Å². The zero-order valence-corrected chi connectivity index (χ0v) is 16.8. The van der Waals surface area contributed by atoms with E-state index >= 15 is 0 Å². The number of carbonyl (C=O) groups is 2. The normalized spacial score (nSPS) is 17.8. The second kappa shape index (κ2) is 9.75. The van der Waals surface area contributed by atoms with Gasteiger partial charge in [0.15, 0.2) is 5.69 Å². The summed E-state index contributed by atoms with van der Waals surface area (Å²) in [5.74, 6) is -3.70. The first-order chi connectivity index (χ1) is 14.4. The molecule has 2 aromatic rings. The van der Waals surface area contributed by atoms with Gasteiger partial charge in [-0.1, -0.05) is 35.5 Å². The van der Waals surface area contributed by atoms with Gasteiger partial charge in [0.1, 0.15) is 0 Å². The number of alkyl halides is 2. The molecular weight excluding hydrogens is 396 g/mol. The Morgan fingerprint density at radius 3 is 2.80 bits per heavy atom. The van der Waals surface area contributed by atoms with Crippen molar-refractivity contribution in [2.24, 2.45) is 0 Å². The number of benzene rings is 1. The predicted molar refractivity (Wildman–Crippen MR) is 104 cm³/mol. The van der Waals surface area contributed by atoms with Crippen molar-refractivity contribution in [2.45, 2.75) is 37.8 Å². The molecular formula is C20H25F2N5O3. The quantitative estimate of drug-likeness (QED) is 0.621. The summed E-state index contributed by atoms with van der Waals surface area (Å²) in [4.78, 5) is 25.9. The molecule has 1 atom stereocenters. The van der Waals surface area contributed by atoms with E-state index in [1.807, 2.05) is 30.3 Å². The molecule has 1 aliphatic heterocycles. The molecule has 1 N–H and O–H groups in total. The minimum atomic E-state index is -2.95. The minimum Gasteiger partial charge on any atom is -0.383 e. The maximum atomic E-state index is 14.1. The third-order valence-corrected chi connectivity index (χ3v) is 4.93. The van der Waals surface area contributed by atoms with Crippen LogP contribution < -0.4 is 5.32 Å². The number of nitrogens with zero attached hydrogens (tertiary/aromatic N) is 4. The lowest BCUT2D eigenvalue weighted by molar-refractivity contribution is -0.133. The van der Waals surface area contributed by atoms with Crippen molar-refractivity contribution in [2.75, 3.05) is 26.8 Å². The van der Waals surface area contributed by atoms with Gasteiger partial charge in [0.2, 0.25) is 5.91 Å². The number of amides is 2. The van der Waals surface area contributed by atoms with Gasteiger partial charge in [-0.25, -0.2) is 13.5 Å². The van der Waals surface area contributed by atoms with Gasteiger partial charge in [0.05, 0.1) is 31.9 Å². The van der Waals surface area contributed by atoms with Crippen LogP contribution in [0.5, 0.6) is 0 Å². The first-order valence-electron chi connectivity index (χ1n) is 9.76. The molecule has 10 heteroatoms. The highest BCUT2D eigenvalue weighted by atomic mass is 19.3. The van der Waals surface area contributed by atoms with E-state index in [0.717, 1.165) is 5.56 Å². The summed E-state index contributed by atoms with van der Waals surface area (Å²) < 4.78 is 34.3. The summed E-state index contributed by atoms with van der Waals surface area (Å²) in [6.45, 7) is 0.118. The number of rotatable bonds is 9. The molecule has 162 valence electrons. The molecule has 0 radical (unpaired) electrons. The number of aromatic nitrogens is 3. The highest BCUT2D eigenvalue weighted by molar-refractivity contribution is 5.91. The van der Waals surface area contributed by atoms with Gasteiger partial charge >= 0.3 is 0 Å². The summed E-state index contributed by atoms with van der Waals surface area (Å²) in [5.41, 5.74) is 1.06. The van der Waals surface area contributed by atoms with E-state index in [9.17, 15) is 18.4 Å². The van der Waals surface area contributed by atoms with Crippen LogP contribution in [-0.4, -0.2) is 70.5 Å². The van der Waals surface area contributed by atoms with Gasteiger partial charge in [-0.15, -0.1) is 5.10 Å². The summed E-state index contributed by atoms with van der Waals surface area (Å²) in [6.07, 6.45) is 1.59. The highest BCUT2D eigenvalue weighted by Gasteiger charge is 2.46. The Bertz CT molecular complexity index is 859. The van der Waals surface area contributed by atoms with Crippen molar-refractivity contribution in [1.82, 2.24) is 25.2 Å². The van der Waals surface area contributed by atoms with Crippen molar-refractivity contribution < 1.29 is 23.1 Å². The van der Waals surface area contributed by atoms with Crippen molar-refractivity contribution in [1.29, 1.82) is 0 Å². The monoisotopic (exact) mass is 421 g/mol. The molecule has 2 heterocycles. The number of likely N-dealkylation sites (tertiary alicyclic amines) is 1. The van der Waals surface area contributed by atoms with Crippen LogP contribution in [-0.2, 0) is 22.5 Å². The van der Waals surface area contributed by atoms with E-state index in [4.69, 9.17) is 4.74 Å². The van der Waals surface area contributed by atoms with Crippen LogP contribution >= 0.6 is 0 Å². The number of halogens is 2. The Kier molecular flexibility index (Phi) is 7.09. The second-order valence-corrected chi connectivity index (χ2v) is 7.30. The molecule has 1 unspecified atom stereocenters. The van der Waals surface area contributed by atoms with Gasteiger partial charge in [0.25, 0.3) is 11.8 Å². The summed E-state index contributed by atoms with van der Waals surface area (Å²) in [7, 11) is 1.52. The smallest absolute Gasteiger partial charge is 0.273 e. The van der Waals surface area contributed by atoms with Gasteiger partial charge in [-0.05, 0) is 12.0 Å². The third-order valence-electron chi connectivity index (χ3n) is 4.93. The number of aryl methyl sites for hydroxylation is 1. The highest BCUT2D eigenvalue weighted by Crippen LogP contribution is 2.33. The standard InChI is InChI=1S/C20H25F2N5O3/c1-30-10-9-23-19(29)17-13-26(25-24-17)12-16-11-20(21,22)14-27(16)18(28)8-7-15-5-3-2-4-6-15/h2-6,13,16H,7-12,14H2,1H3,(H,23,29). The maximum absolute atomic E-state index is 14.1. The molecule has 2 amide bonds. The summed E-state index contributed by atoms with van der Waals surface area (Å²) in [5, 5.41) is 10.3. The molecule has 1 saturated heterocycles. The van der Waals surface area contributed by atoms with Crippen LogP contribution in [0.2, 0.25) is 0 Å². The topological polar surface area (TPSA) is 89.4 Å². The lowest BCUT2D eigenvalue weighted by Crippen LogP contribution is -2.39. The van der Waals surface area contributed by atoms with Gasteiger partial charge in [-0.3, -0.25) is 9.59 Å². The molecule has 1 fully saturated rings. The van der Waals surface area contributed by atoms with Crippen LogP contribution in [0, 0.1) is 0 Å². The minimum absolute atomic E-state index is 0.0466. The number of hydrogen-bond donors (Lipinski definition) is 1. The number of ether oxygens (including phenoxy) is 1. The molecule has 1 aromatic heterocycles. The van der Waals surface area contributed by atoms with Crippen LogP contribution in [0.3, 0.4) is 0 Å². The Morgan fingerprint density at radius 2 is 2.07 bits per heavy atom. The number of hydrogen-bond acceptors (Lipinski definition) is 5. The molecule has 0 aliphatic carbocycles. The molecule has 1 aromatic carbocycles. The number of methoxy groups -OCH3 is 1. The van der Waals surface area contributed by atoms with Gasteiger partial charge < -0.3 is 15.0 Å². The van der Waals surface area contributed by atoms with Crippen LogP contribution in [0.1, 0.15) is 28.9 Å². The fraction of sp³-hybridized carbons (Fsp3) is 0.500. The van der Waals surface area contributed by atoms with E-state index in [1.54, 1.807) is 0 Å². The second-order valence-electron chi connectivity index (χ2n) is 7.30. The fourth-order valence-electron chi connectivity index (χ4n) is 3.46. The van der Waals surface area contributed by atoms with E-state index < -0.39 is 30.8 Å². The predicted octanol–water partition coefficient (Wildman–Crippen LogP) is 1.52. The van der Waals surface area contributed by atoms with Crippen molar-refractivity contribution in [3.8, 4) is 0 Å². The van der Waals surface area contributed by atoms with Gasteiger partial charge in [0, 0.05) is 26.5 Å². The van der Waals surface area contributed by atoms with E-state index in [2.05, 4.69) is 15.6 Å². The molecule has 0 spiro atoms. The summed E-state index contributed by atoms with van der Waals surface area (Å²) >= 11 is 0.